The van der Waals surface area contributed by atoms with Crippen LogP contribution in [0.25, 0.3) is 6.08 Å². The van der Waals surface area contributed by atoms with Crippen LogP contribution in [0.15, 0.2) is 60.7 Å². The third-order valence-electron chi connectivity index (χ3n) is 3.12. The second-order valence-electron chi connectivity index (χ2n) is 4.87. The highest BCUT2D eigenvalue weighted by Gasteiger charge is 1.95. The standard InChI is InChI=1S/C19H22O3/c20-14-6-7-17-10-12-19(13-11-17)22-16-5-4-15-21-18-8-2-1-3-9-18/h1-3,6-13,20H,4-5,14-16H2/b7-6+. The average molecular weight is 298 g/mol. The van der Waals surface area contributed by atoms with Gasteiger partial charge in [-0.15, -0.1) is 0 Å². The van der Waals surface area contributed by atoms with Crippen LogP contribution in [0.1, 0.15) is 18.4 Å². The van der Waals surface area contributed by atoms with Gasteiger partial charge in [-0.05, 0) is 42.7 Å². The highest BCUT2D eigenvalue weighted by molar-refractivity contribution is 5.50. The van der Waals surface area contributed by atoms with E-state index in [0.29, 0.717) is 13.2 Å². The van der Waals surface area contributed by atoms with E-state index < -0.39 is 0 Å². The number of aliphatic hydroxyl groups excluding tert-OH is 1. The number of ether oxygens (including phenoxy) is 2. The van der Waals surface area contributed by atoms with Crippen molar-refractivity contribution in [2.75, 3.05) is 19.8 Å². The van der Waals surface area contributed by atoms with Gasteiger partial charge in [0.2, 0.25) is 0 Å². The number of benzene rings is 2. The normalized spacial score (nSPS) is 10.8. The van der Waals surface area contributed by atoms with Gasteiger partial charge in [0, 0.05) is 0 Å². The average Bonchev–Trinajstić information content (AvgIpc) is 2.58. The van der Waals surface area contributed by atoms with Crippen LogP contribution >= 0.6 is 0 Å². The Bertz CT molecular complexity index is 547. The molecular weight excluding hydrogens is 276 g/mol. The van der Waals surface area contributed by atoms with Gasteiger partial charge in [-0.1, -0.05) is 42.5 Å². The molecule has 2 aromatic rings. The minimum atomic E-state index is 0.0588. The van der Waals surface area contributed by atoms with E-state index in [2.05, 4.69) is 0 Å². The van der Waals surface area contributed by atoms with Crippen molar-refractivity contribution >= 4 is 6.08 Å². The second-order valence-corrected chi connectivity index (χ2v) is 4.87. The number of aliphatic hydroxyl groups is 1. The van der Waals surface area contributed by atoms with Crippen molar-refractivity contribution in [3.8, 4) is 11.5 Å². The van der Waals surface area contributed by atoms with Gasteiger partial charge in [0.1, 0.15) is 11.5 Å². The quantitative estimate of drug-likeness (QED) is 0.713. The Morgan fingerprint density at radius 2 is 1.36 bits per heavy atom. The SMILES string of the molecule is OC/C=C/c1ccc(OCCCCOc2ccccc2)cc1. The maximum Gasteiger partial charge on any atom is 0.119 e. The molecule has 0 aliphatic carbocycles. The lowest BCUT2D eigenvalue weighted by atomic mass is 10.2. The zero-order valence-electron chi connectivity index (χ0n) is 12.7. The van der Waals surface area contributed by atoms with E-state index >= 15 is 0 Å². The molecule has 22 heavy (non-hydrogen) atoms. The lowest BCUT2D eigenvalue weighted by molar-refractivity contribution is 0.266. The molecule has 0 unspecified atom stereocenters. The summed E-state index contributed by atoms with van der Waals surface area (Å²) in [5.41, 5.74) is 1.05. The predicted molar refractivity (Wildman–Crippen MR) is 89.2 cm³/mol. The zero-order chi connectivity index (χ0) is 15.5. The summed E-state index contributed by atoms with van der Waals surface area (Å²) in [7, 11) is 0. The first kappa shape index (κ1) is 16.1. The van der Waals surface area contributed by atoms with Gasteiger partial charge in [-0.25, -0.2) is 0 Å². The van der Waals surface area contributed by atoms with Gasteiger partial charge in [0.25, 0.3) is 0 Å². The molecule has 0 spiro atoms. The monoisotopic (exact) mass is 298 g/mol. The molecule has 0 bridgehead atoms. The third kappa shape index (κ3) is 6.02. The lowest BCUT2D eigenvalue weighted by Gasteiger charge is -2.08. The molecule has 0 aromatic heterocycles. The van der Waals surface area contributed by atoms with E-state index in [1.54, 1.807) is 6.08 Å². The van der Waals surface area contributed by atoms with Gasteiger partial charge in [0.05, 0.1) is 19.8 Å². The third-order valence-corrected chi connectivity index (χ3v) is 3.12. The summed E-state index contributed by atoms with van der Waals surface area (Å²) < 4.78 is 11.3. The van der Waals surface area contributed by atoms with Crippen molar-refractivity contribution in [1.29, 1.82) is 0 Å². The molecule has 2 aromatic carbocycles. The Morgan fingerprint density at radius 3 is 1.95 bits per heavy atom. The largest absolute Gasteiger partial charge is 0.494 e. The summed E-state index contributed by atoms with van der Waals surface area (Å²) >= 11 is 0. The van der Waals surface area contributed by atoms with Gasteiger partial charge in [0.15, 0.2) is 0 Å². The van der Waals surface area contributed by atoms with Crippen molar-refractivity contribution in [2.45, 2.75) is 12.8 Å². The molecular formula is C19H22O3. The first-order chi connectivity index (χ1) is 10.9. The molecule has 0 saturated heterocycles. The van der Waals surface area contributed by atoms with Crippen LogP contribution in [0.2, 0.25) is 0 Å². The predicted octanol–water partition coefficient (Wildman–Crippen LogP) is 3.93. The van der Waals surface area contributed by atoms with Crippen LogP contribution in [-0.4, -0.2) is 24.9 Å². The molecule has 1 N–H and O–H groups in total. The van der Waals surface area contributed by atoms with Crippen LogP contribution in [0.5, 0.6) is 11.5 Å². The molecule has 0 saturated carbocycles. The smallest absolute Gasteiger partial charge is 0.119 e. The lowest BCUT2D eigenvalue weighted by Crippen LogP contribution is -2.02. The summed E-state index contributed by atoms with van der Waals surface area (Å²) in [4.78, 5) is 0. The van der Waals surface area contributed by atoms with E-state index in [1.165, 1.54) is 0 Å². The van der Waals surface area contributed by atoms with Crippen molar-refractivity contribution in [3.63, 3.8) is 0 Å². The first-order valence-corrected chi connectivity index (χ1v) is 7.56. The maximum atomic E-state index is 8.72. The highest BCUT2D eigenvalue weighted by atomic mass is 16.5. The van der Waals surface area contributed by atoms with Crippen LogP contribution in [0.4, 0.5) is 0 Å². The minimum Gasteiger partial charge on any atom is -0.494 e. The van der Waals surface area contributed by atoms with Gasteiger partial charge >= 0.3 is 0 Å². The van der Waals surface area contributed by atoms with Gasteiger partial charge < -0.3 is 14.6 Å². The first-order valence-electron chi connectivity index (χ1n) is 7.56. The van der Waals surface area contributed by atoms with Crippen molar-refractivity contribution in [2.24, 2.45) is 0 Å². The summed E-state index contributed by atoms with van der Waals surface area (Å²) in [5.74, 6) is 1.78. The topological polar surface area (TPSA) is 38.7 Å². The molecule has 0 atom stereocenters. The van der Waals surface area contributed by atoms with E-state index in [0.717, 1.165) is 29.9 Å². The molecule has 0 heterocycles. The molecule has 3 nitrogen and oxygen atoms in total. The summed E-state index contributed by atoms with van der Waals surface area (Å²) in [6.07, 6.45) is 5.51. The Labute approximate surface area is 131 Å². The van der Waals surface area contributed by atoms with Crippen LogP contribution in [0.3, 0.4) is 0 Å². The van der Waals surface area contributed by atoms with Crippen LogP contribution in [-0.2, 0) is 0 Å². The fraction of sp³-hybridized carbons (Fsp3) is 0.263. The second kappa shape index (κ2) is 9.64. The van der Waals surface area contributed by atoms with Crippen molar-refractivity contribution in [1.82, 2.24) is 0 Å². The van der Waals surface area contributed by atoms with E-state index in [9.17, 15) is 0 Å². The Hall–Kier alpha value is -2.26. The fourth-order valence-corrected chi connectivity index (χ4v) is 1.96. The summed E-state index contributed by atoms with van der Waals surface area (Å²) in [6, 6.07) is 17.7. The minimum absolute atomic E-state index is 0.0588. The molecule has 0 aliphatic heterocycles. The molecule has 0 fully saturated rings. The number of unbranched alkanes of at least 4 members (excludes halogenated alkanes) is 1. The Morgan fingerprint density at radius 1 is 0.773 bits per heavy atom. The van der Waals surface area contributed by atoms with Crippen molar-refractivity contribution in [3.05, 3.63) is 66.2 Å². The molecule has 0 radical (unpaired) electrons. The number of hydrogen-bond acceptors (Lipinski definition) is 3. The number of rotatable bonds is 9. The Balaban J connectivity index is 1.59. The summed E-state index contributed by atoms with van der Waals surface area (Å²) in [6.45, 7) is 1.45. The molecule has 0 aliphatic rings. The van der Waals surface area contributed by atoms with Gasteiger partial charge in [-0.3, -0.25) is 0 Å². The Kier molecular flexibility index (Phi) is 7.06. The van der Waals surface area contributed by atoms with E-state index in [4.69, 9.17) is 14.6 Å². The summed E-state index contributed by atoms with van der Waals surface area (Å²) in [5, 5.41) is 8.72. The zero-order valence-corrected chi connectivity index (χ0v) is 12.7. The fourth-order valence-electron chi connectivity index (χ4n) is 1.96. The van der Waals surface area contributed by atoms with Gasteiger partial charge in [-0.2, -0.15) is 0 Å². The molecule has 0 amide bonds. The van der Waals surface area contributed by atoms with E-state index in [1.807, 2.05) is 60.7 Å². The molecule has 3 heteroatoms. The maximum absolute atomic E-state index is 8.72. The van der Waals surface area contributed by atoms with Crippen LogP contribution in [0, 0.1) is 0 Å². The van der Waals surface area contributed by atoms with Crippen molar-refractivity contribution < 1.29 is 14.6 Å². The molecule has 116 valence electrons. The number of para-hydroxylation sites is 1. The molecule has 2 rings (SSSR count). The highest BCUT2D eigenvalue weighted by Crippen LogP contribution is 2.14. The van der Waals surface area contributed by atoms with E-state index in [-0.39, 0.29) is 6.61 Å². The number of hydrogen-bond donors (Lipinski definition) is 1. The van der Waals surface area contributed by atoms with Crippen LogP contribution < -0.4 is 9.47 Å².